The van der Waals surface area contributed by atoms with Gasteiger partial charge in [-0.25, -0.2) is 0 Å². The molecule has 1 heteroatoms. The number of hydrogen-bond donors (Lipinski definition) is 0. The standard InChI is InChI=1S/C38H31N/c1-37(2)29-16-9-10-19-33(29)39-34-21-20-26(23-32(34)38(3,4)31-18-11-17-30(37)36(31)39)35-27-14-7-5-12-24(27)22-25-13-6-8-15-28(25)35/h5-23H,1-4H3. The maximum atomic E-state index is 2.54. The van der Waals surface area contributed by atoms with Gasteiger partial charge in [0.05, 0.1) is 17.1 Å². The van der Waals surface area contributed by atoms with Gasteiger partial charge in [-0.2, -0.15) is 0 Å². The van der Waals surface area contributed by atoms with Crippen molar-refractivity contribution < 1.29 is 0 Å². The predicted octanol–water partition coefficient (Wildman–Crippen LogP) is 10.4. The first-order chi connectivity index (χ1) is 18.9. The Morgan fingerprint density at radius 2 is 1.00 bits per heavy atom. The molecule has 0 aliphatic carbocycles. The number of fused-ring (bicyclic) bond motifs is 6. The molecule has 2 aliphatic rings. The first kappa shape index (κ1) is 22.6. The number of benzene rings is 6. The Morgan fingerprint density at radius 3 is 1.69 bits per heavy atom. The van der Waals surface area contributed by atoms with Gasteiger partial charge in [0.25, 0.3) is 0 Å². The molecule has 39 heavy (non-hydrogen) atoms. The van der Waals surface area contributed by atoms with Gasteiger partial charge in [-0.1, -0.05) is 119 Å². The Hall–Kier alpha value is -4.36. The van der Waals surface area contributed by atoms with Crippen molar-refractivity contribution in [1.29, 1.82) is 0 Å². The zero-order valence-electron chi connectivity index (χ0n) is 22.9. The van der Waals surface area contributed by atoms with E-state index >= 15 is 0 Å². The maximum Gasteiger partial charge on any atom is 0.0543 e. The fraction of sp³-hybridized carbons (Fsp3) is 0.158. The van der Waals surface area contributed by atoms with E-state index < -0.39 is 0 Å². The minimum absolute atomic E-state index is 0.0617. The Morgan fingerprint density at radius 1 is 0.462 bits per heavy atom. The zero-order valence-corrected chi connectivity index (χ0v) is 22.9. The van der Waals surface area contributed by atoms with Crippen LogP contribution in [0.1, 0.15) is 49.9 Å². The lowest BCUT2D eigenvalue weighted by atomic mass is 9.66. The summed E-state index contributed by atoms with van der Waals surface area (Å²) in [6.45, 7) is 9.54. The molecule has 0 fully saturated rings. The minimum Gasteiger partial charge on any atom is -0.309 e. The van der Waals surface area contributed by atoms with Crippen LogP contribution in [0.2, 0.25) is 0 Å². The summed E-state index contributed by atoms with van der Waals surface area (Å²) in [5, 5.41) is 5.17. The van der Waals surface area contributed by atoms with Gasteiger partial charge in [-0.05, 0) is 79.2 Å². The lowest BCUT2D eigenvalue weighted by molar-refractivity contribution is 0.597. The lowest BCUT2D eigenvalue weighted by Crippen LogP contribution is -2.38. The summed E-state index contributed by atoms with van der Waals surface area (Å²) in [7, 11) is 0. The maximum absolute atomic E-state index is 2.54. The Kier molecular flexibility index (Phi) is 4.41. The van der Waals surface area contributed by atoms with Crippen molar-refractivity contribution in [2.45, 2.75) is 38.5 Å². The molecule has 0 saturated heterocycles. The molecule has 6 aromatic carbocycles. The van der Waals surface area contributed by atoms with Crippen LogP contribution >= 0.6 is 0 Å². The lowest BCUT2D eigenvalue weighted by Gasteiger charge is -2.49. The molecule has 2 heterocycles. The Bertz CT molecular complexity index is 1920. The smallest absolute Gasteiger partial charge is 0.0543 e. The van der Waals surface area contributed by atoms with Crippen LogP contribution in [0.5, 0.6) is 0 Å². The average molecular weight is 502 g/mol. The second-order valence-electron chi connectivity index (χ2n) is 12.2. The van der Waals surface area contributed by atoms with Crippen molar-refractivity contribution in [2.75, 3.05) is 4.90 Å². The molecule has 0 saturated carbocycles. The molecule has 0 unspecified atom stereocenters. The van der Waals surface area contributed by atoms with Crippen LogP contribution in [0.15, 0.2) is 115 Å². The molecule has 0 aromatic heterocycles. The summed E-state index contributed by atoms with van der Waals surface area (Å²) in [4.78, 5) is 2.54. The summed E-state index contributed by atoms with van der Waals surface area (Å²) in [5.74, 6) is 0. The molecule has 6 aromatic rings. The molecule has 1 nitrogen and oxygen atoms in total. The number of nitrogens with zero attached hydrogens (tertiary/aromatic N) is 1. The molecular weight excluding hydrogens is 470 g/mol. The van der Waals surface area contributed by atoms with Crippen LogP contribution in [-0.2, 0) is 10.8 Å². The molecule has 0 bridgehead atoms. The van der Waals surface area contributed by atoms with Gasteiger partial charge in [0.15, 0.2) is 0 Å². The van der Waals surface area contributed by atoms with Crippen molar-refractivity contribution in [1.82, 2.24) is 0 Å². The van der Waals surface area contributed by atoms with Crippen LogP contribution in [0.4, 0.5) is 17.1 Å². The van der Waals surface area contributed by atoms with E-state index in [2.05, 4.69) is 148 Å². The summed E-state index contributed by atoms with van der Waals surface area (Å²) in [6.07, 6.45) is 0. The van der Waals surface area contributed by atoms with Gasteiger partial charge in [0.2, 0.25) is 0 Å². The summed E-state index contributed by atoms with van der Waals surface area (Å²) >= 11 is 0. The van der Waals surface area contributed by atoms with E-state index in [4.69, 9.17) is 0 Å². The van der Waals surface area contributed by atoms with E-state index in [0.29, 0.717) is 0 Å². The van der Waals surface area contributed by atoms with Crippen LogP contribution in [0.3, 0.4) is 0 Å². The summed E-state index contributed by atoms with van der Waals surface area (Å²) in [6, 6.07) is 43.0. The third kappa shape index (κ3) is 2.91. The van der Waals surface area contributed by atoms with Crippen LogP contribution < -0.4 is 4.90 Å². The summed E-state index contributed by atoms with van der Waals surface area (Å²) in [5.41, 5.74) is 11.9. The van der Waals surface area contributed by atoms with Gasteiger partial charge in [-0.15, -0.1) is 0 Å². The fourth-order valence-corrected chi connectivity index (χ4v) is 7.36. The normalized spacial score (nSPS) is 16.1. The second kappa shape index (κ2) is 7.61. The molecule has 0 spiro atoms. The number of para-hydroxylation sites is 2. The van der Waals surface area contributed by atoms with E-state index in [1.165, 1.54) is 72.0 Å². The van der Waals surface area contributed by atoms with Crippen molar-refractivity contribution in [3.8, 4) is 11.1 Å². The molecule has 2 aliphatic heterocycles. The molecular formula is C38H31N. The van der Waals surface area contributed by atoms with Crippen molar-refractivity contribution >= 4 is 38.6 Å². The van der Waals surface area contributed by atoms with Gasteiger partial charge in [-0.3, -0.25) is 0 Å². The topological polar surface area (TPSA) is 3.24 Å². The molecule has 0 radical (unpaired) electrons. The second-order valence-corrected chi connectivity index (χ2v) is 12.2. The highest BCUT2D eigenvalue weighted by molar-refractivity contribution is 6.13. The monoisotopic (exact) mass is 501 g/mol. The average Bonchev–Trinajstić information content (AvgIpc) is 2.95. The highest BCUT2D eigenvalue weighted by Crippen LogP contribution is 2.60. The van der Waals surface area contributed by atoms with Crippen LogP contribution in [0.25, 0.3) is 32.7 Å². The van der Waals surface area contributed by atoms with Crippen LogP contribution in [0, 0.1) is 0 Å². The Labute approximate surface area is 230 Å². The molecule has 0 N–H and O–H groups in total. The van der Waals surface area contributed by atoms with E-state index in [9.17, 15) is 0 Å². The van der Waals surface area contributed by atoms with Crippen LogP contribution in [-0.4, -0.2) is 0 Å². The first-order valence-corrected chi connectivity index (χ1v) is 14.0. The first-order valence-electron chi connectivity index (χ1n) is 14.0. The molecule has 0 amide bonds. The third-order valence-corrected chi connectivity index (χ3v) is 9.40. The number of hydrogen-bond acceptors (Lipinski definition) is 1. The van der Waals surface area contributed by atoms with Gasteiger partial charge in [0.1, 0.15) is 0 Å². The largest absolute Gasteiger partial charge is 0.309 e. The number of anilines is 3. The van der Waals surface area contributed by atoms with E-state index in [0.717, 1.165) is 0 Å². The molecule has 0 atom stereocenters. The minimum atomic E-state index is -0.143. The van der Waals surface area contributed by atoms with E-state index in [1.54, 1.807) is 0 Å². The molecule has 188 valence electrons. The van der Waals surface area contributed by atoms with Gasteiger partial charge in [0, 0.05) is 10.8 Å². The Balaban J connectivity index is 1.45. The fourth-order valence-electron chi connectivity index (χ4n) is 7.36. The van der Waals surface area contributed by atoms with Crippen molar-refractivity contribution in [3.05, 3.63) is 138 Å². The zero-order chi connectivity index (χ0) is 26.5. The quantitative estimate of drug-likeness (QED) is 0.203. The summed E-state index contributed by atoms with van der Waals surface area (Å²) < 4.78 is 0. The molecule has 8 rings (SSSR count). The highest BCUT2D eigenvalue weighted by Gasteiger charge is 2.45. The third-order valence-electron chi connectivity index (χ3n) is 9.40. The van der Waals surface area contributed by atoms with E-state index in [1.807, 2.05) is 0 Å². The van der Waals surface area contributed by atoms with E-state index in [-0.39, 0.29) is 10.8 Å². The van der Waals surface area contributed by atoms with Crippen molar-refractivity contribution in [2.24, 2.45) is 0 Å². The number of rotatable bonds is 1. The van der Waals surface area contributed by atoms with Gasteiger partial charge >= 0.3 is 0 Å². The van der Waals surface area contributed by atoms with Crippen molar-refractivity contribution in [3.63, 3.8) is 0 Å². The highest BCUT2D eigenvalue weighted by atomic mass is 15.2. The van der Waals surface area contributed by atoms with Gasteiger partial charge < -0.3 is 4.90 Å². The predicted molar refractivity (Wildman–Crippen MR) is 166 cm³/mol. The SMILES string of the molecule is CC1(C)c2ccccc2N2c3ccc(-c4c5ccccc5cc5ccccc45)cc3C(C)(C)c3cccc1c32.